The van der Waals surface area contributed by atoms with Gasteiger partial charge in [0.1, 0.15) is 11.9 Å². The molecule has 2 heterocycles. The van der Waals surface area contributed by atoms with Crippen LogP contribution in [0, 0.1) is 5.82 Å². The first-order valence-electron chi connectivity index (χ1n) is 8.76. The highest BCUT2D eigenvalue weighted by Crippen LogP contribution is 2.28. The van der Waals surface area contributed by atoms with E-state index in [0.29, 0.717) is 55.7 Å². The molecule has 3 rings (SSSR count). The Labute approximate surface area is 165 Å². The quantitative estimate of drug-likeness (QED) is 0.733. The van der Waals surface area contributed by atoms with E-state index in [0.717, 1.165) is 0 Å². The summed E-state index contributed by atoms with van der Waals surface area (Å²) >= 11 is 4.98. The molecule has 10 heteroatoms. The molecule has 148 valence electrons. The first-order valence-corrected chi connectivity index (χ1v) is 10.7. The molecule has 0 aliphatic carbocycles. The molecule has 1 atom stereocenters. The fourth-order valence-electron chi connectivity index (χ4n) is 3.02. The minimum atomic E-state index is -0.821. The maximum absolute atomic E-state index is 14.6. The van der Waals surface area contributed by atoms with Crippen LogP contribution in [0.25, 0.3) is 0 Å². The van der Waals surface area contributed by atoms with E-state index in [9.17, 15) is 13.4 Å². The number of ether oxygens (including phenoxy) is 2. The van der Waals surface area contributed by atoms with E-state index in [2.05, 4.69) is 5.32 Å². The van der Waals surface area contributed by atoms with Crippen molar-refractivity contribution in [2.45, 2.75) is 13.0 Å². The lowest BCUT2D eigenvalue weighted by molar-refractivity contribution is 0.141. The summed E-state index contributed by atoms with van der Waals surface area (Å²) in [6.45, 7) is 4.02. The molecule has 1 aromatic rings. The molecule has 1 aromatic carbocycles. The summed E-state index contributed by atoms with van der Waals surface area (Å²) in [4.78, 5) is 15.4. The van der Waals surface area contributed by atoms with Gasteiger partial charge >= 0.3 is 6.09 Å². The number of rotatable bonds is 5. The van der Waals surface area contributed by atoms with Crippen molar-refractivity contribution in [3.8, 4) is 0 Å². The number of carbonyl (C=O) groups is 1. The van der Waals surface area contributed by atoms with Crippen LogP contribution in [0.4, 0.5) is 20.6 Å². The van der Waals surface area contributed by atoms with E-state index in [-0.39, 0.29) is 5.17 Å². The predicted octanol–water partition coefficient (Wildman–Crippen LogP) is 1.63. The third kappa shape index (κ3) is 4.86. The molecule has 0 radical (unpaired) electrons. The van der Waals surface area contributed by atoms with Crippen LogP contribution in [0.5, 0.6) is 0 Å². The third-order valence-corrected chi connectivity index (χ3v) is 5.92. The van der Waals surface area contributed by atoms with Crippen LogP contribution < -0.4 is 15.1 Å². The SMILES string of the molecule is CCOC(=S)NCC1CN(c2ccc(N3CCS(=O)CC3)c(F)c2)C(=O)O1. The van der Waals surface area contributed by atoms with Crippen LogP contribution in [0.2, 0.25) is 0 Å². The van der Waals surface area contributed by atoms with Gasteiger partial charge in [-0.05, 0) is 37.3 Å². The van der Waals surface area contributed by atoms with Gasteiger partial charge in [-0.1, -0.05) is 0 Å². The summed E-state index contributed by atoms with van der Waals surface area (Å²) in [5.74, 6) is 0.669. The van der Waals surface area contributed by atoms with Crippen molar-refractivity contribution in [3.63, 3.8) is 0 Å². The summed E-state index contributed by atoms with van der Waals surface area (Å²) in [5, 5.41) is 3.14. The van der Waals surface area contributed by atoms with Gasteiger partial charge in [0.05, 0.1) is 31.1 Å². The molecule has 0 aromatic heterocycles. The number of thiocarbonyl (C=S) groups is 1. The van der Waals surface area contributed by atoms with E-state index in [1.165, 1.54) is 11.0 Å². The smallest absolute Gasteiger partial charge is 0.414 e. The van der Waals surface area contributed by atoms with Crippen LogP contribution in [-0.2, 0) is 20.3 Å². The molecular weight excluding hydrogens is 393 g/mol. The second-order valence-corrected chi connectivity index (χ2v) is 8.26. The van der Waals surface area contributed by atoms with Crippen molar-refractivity contribution in [3.05, 3.63) is 24.0 Å². The topological polar surface area (TPSA) is 71.1 Å². The van der Waals surface area contributed by atoms with E-state index in [4.69, 9.17) is 21.7 Å². The monoisotopic (exact) mass is 415 g/mol. The Hall–Kier alpha value is -1.94. The number of benzene rings is 1. The van der Waals surface area contributed by atoms with Crippen molar-refractivity contribution in [1.29, 1.82) is 0 Å². The van der Waals surface area contributed by atoms with E-state index in [1.807, 2.05) is 11.8 Å². The van der Waals surface area contributed by atoms with Crippen molar-refractivity contribution in [2.75, 3.05) is 54.1 Å². The summed E-state index contributed by atoms with van der Waals surface area (Å²) in [5.41, 5.74) is 0.903. The summed E-state index contributed by atoms with van der Waals surface area (Å²) in [6.07, 6.45) is -0.930. The van der Waals surface area contributed by atoms with Gasteiger partial charge in [0.25, 0.3) is 5.17 Å². The fraction of sp³-hybridized carbons (Fsp3) is 0.529. The molecule has 27 heavy (non-hydrogen) atoms. The minimum absolute atomic E-state index is 0.254. The third-order valence-electron chi connectivity index (χ3n) is 4.38. The van der Waals surface area contributed by atoms with Gasteiger partial charge in [-0.2, -0.15) is 0 Å². The molecule has 0 bridgehead atoms. The van der Waals surface area contributed by atoms with Gasteiger partial charge < -0.3 is 19.7 Å². The van der Waals surface area contributed by atoms with Gasteiger partial charge in [-0.25, -0.2) is 9.18 Å². The summed E-state index contributed by atoms with van der Waals surface area (Å²) in [6, 6.07) is 4.69. The molecule has 2 fully saturated rings. The number of hydrogen-bond donors (Lipinski definition) is 1. The fourth-order valence-corrected chi connectivity index (χ4v) is 4.27. The zero-order valence-electron chi connectivity index (χ0n) is 15.0. The zero-order valence-corrected chi connectivity index (χ0v) is 16.6. The number of nitrogens with one attached hydrogen (secondary N) is 1. The zero-order chi connectivity index (χ0) is 19.4. The molecule has 1 unspecified atom stereocenters. The molecule has 1 amide bonds. The van der Waals surface area contributed by atoms with Gasteiger partial charge in [0, 0.05) is 35.4 Å². The highest BCUT2D eigenvalue weighted by atomic mass is 32.2. The molecule has 2 aliphatic heterocycles. The largest absolute Gasteiger partial charge is 0.471 e. The Kier molecular flexibility index (Phi) is 6.48. The number of amides is 1. The molecule has 2 saturated heterocycles. The van der Waals surface area contributed by atoms with Crippen molar-refractivity contribution >= 4 is 45.7 Å². The number of nitrogens with zero attached hydrogens (tertiary/aromatic N) is 2. The Morgan fingerprint density at radius 2 is 2.19 bits per heavy atom. The molecule has 0 saturated carbocycles. The maximum Gasteiger partial charge on any atom is 0.414 e. The maximum atomic E-state index is 14.6. The Morgan fingerprint density at radius 1 is 1.44 bits per heavy atom. The first kappa shape index (κ1) is 19.8. The van der Waals surface area contributed by atoms with Gasteiger partial charge in [-0.15, -0.1) is 0 Å². The molecule has 7 nitrogen and oxygen atoms in total. The van der Waals surface area contributed by atoms with Crippen LogP contribution in [0.3, 0.4) is 0 Å². The van der Waals surface area contributed by atoms with Gasteiger partial charge in [0.2, 0.25) is 0 Å². The van der Waals surface area contributed by atoms with Crippen LogP contribution >= 0.6 is 12.2 Å². The highest BCUT2D eigenvalue weighted by Gasteiger charge is 2.33. The Morgan fingerprint density at radius 3 is 2.85 bits per heavy atom. The van der Waals surface area contributed by atoms with Crippen LogP contribution in [0.15, 0.2) is 18.2 Å². The molecule has 2 aliphatic rings. The summed E-state index contributed by atoms with van der Waals surface area (Å²) in [7, 11) is -0.821. The lowest BCUT2D eigenvalue weighted by atomic mass is 10.2. The van der Waals surface area contributed by atoms with E-state index in [1.54, 1.807) is 12.1 Å². The number of hydrogen-bond acceptors (Lipinski definition) is 6. The number of anilines is 2. The average Bonchev–Trinajstić information content (AvgIpc) is 3.02. The second-order valence-electron chi connectivity index (χ2n) is 6.19. The van der Waals surface area contributed by atoms with E-state index < -0.39 is 28.8 Å². The van der Waals surface area contributed by atoms with Gasteiger partial charge in [-0.3, -0.25) is 9.11 Å². The highest BCUT2D eigenvalue weighted by molar-refractivity contribution is 7.85. The molecule has 1 N–H and O–H groups in total. The normalized spacial score (nSPS) is 20.5. The summed E-state index contributed by atoms with van der Waals surface area (Å²) < 4.78 is 36.5. The Bertz CT molecular complexity index is 739. The lowest BCUT2D eigenvalue weighted by Gasteiger charge is -2.29. The standard InChI is InChI=1S/C17H22FN3O4S2/c1-2-24-16(26)19-10-13-11-21(17(22)25-13)12-3-4-15(14(18)9-12)20-5-7-27(23)8-6-20/h3-4,9,13H,2,5-8,10-11H2,1H3,(H,19,26). The van der Waals surface area contributed by atoms with Crippen LogP contribution in [-0.4, -0.2) is 65.9 Å². The average molecular weight is 416 g/mol. The molecule has 0 spiro atoms. The minimum Gasteiger partial charge on any atom is -0.471 e. The second kappa shape index (κ2) is 8.83. The van der Waals surface area contributed by atoms with E-state index >= 15 is 0 Å². The van der Waals surface area contributed by atoms with Gasteiger partial charge in [0.15, 0.2) is 0 Å². The van der Waals surface area contributed by atoms with Crippen molar-refractivity contribution in [1.82, 2.24) is 5.32 Å². The van der Waals surface area contributed by atoms with Crippen molar-refractivity contribution in [2.24, 2.45) is 0 Å². The van der Waals surface area contributed by atoms with Crippen LogP contribution in [0.1, 0.15) is 6.92 Å². The number of carbonyl (C=O) groups excluding carboxylic acids is 1. The number of cyclic esters (lactones) is 1. The first-order chi connectivity index (χ1) is 13.0. The van der Waals surface area contributed by atoms with Crippen molar-refractivity contribution < 1.29 is 22.9 Å². The lowest BCUT2D eigenvalue weighted by Crippen LogP contribution is -2.38. The molecular formula is C17H22FN3O4S2. The number of halogens is 1. The Balaban J connectivity index is 1.62. The predicted molar refractivity (Wildman–Crippen MR) is 106 cm³/mol.